The van der Waals surface area contributed by atoms with Crippen LogP contribution in [0, 0.1) is 5.92 Å². The van der Waals surface area contributed by atoms with Crippen LogP contribution in [0.2, 0.25) is 0 Å². The fraction of sp³-hybridized carbons (Fsp3) is 0.960. The maximum absolute atomic E-state index is 12.8. The van der Waals surface area contributed by atoms with Crippen molar-refractivity contribution in [2.75, 3.05) is 39.3 Å². The monoisotopic (exact) mass is 639 g/mol. The van der Waals surface area contributed by atoms with Crippen LogP contribution in [0.25, 0.3) is 0 Å². The molecule has 19 heteroatoms. The molecular weight excluding hydrogens is 590 g/mol. The summed E-state index contributed by atoms with van der Waals surface area (Å²) in [5.41, 5.74) is 23.6. The second-order valence-corrected chi connectivity index (χ2v) is 12.0. The van der Waals surface area contributed by atoms with Gasteiger partial charge in [0.15, 0.2) is 12.6 Å². The molecule has 15 atom stereocenters. The topological polar surface area (TPSA) is 327 Å². The molecule has 3 heterocycles. The number of carbonyl (C=O) groups is 1. The zero-order valence-electron chi connectivity index (χ0n) is 24.3. The normalized spacial score (nSPS) is 45.1. The van der Waals surface area contributed by atoms with Crippen LogP contribution < -0.4 is 33.6 Å². The quantitative estimate of drug-likeness (QED) is 0.0696. The Kier molecular flexibility index (Phi) is 12.6. The van der Waals surface area contributed by atoms with E-state index in [0.717, 1.165) is 0 Å². The maximum Gasteiger partial charge on any atom is 0.246 e. The van der Waals surface area contributed by atoms with Crippen molar-refractivity contribution in [2.24, 2.45) is 28.9 Å². The molecule has 3 saturated heterocycles. The molecule has 3 aliphatic heterocycles. The highest BCUT2D eigenvalue weighted by Gasteiger charge is 2.53. The molecular formula is C25H49N7O12. The molecule has 1 saturated carbocycles. The lowest BCUT2D eigenvalue weighted by molar-refractivity contribution is -0.325. The van der Waals surface area contributed by atoms with Crippen LogP contribution in [-0.4, -0.2) is 178 Å². The van der Waals surface area contributed by atoms with Crippen molar-refractivity contribution >= 4 is 5.91 Å². The van der Waals surface area contributed by atoms with E-state index in [0.29, 0.717) is 18.2 Å². The van der Waals surface area contributed by atoms with Gasteiger partial charge in [0.2, 0.25) is 5.91 Å². The van der Waals surface area contributed by atoms with Gasteiger partial charge in [-0.05, 0) is 12.3 Å². The lowest BCUT2D eigenvalue weighted by Crippen LogP contribution is -2.71. The van der Waals surface area contributed by atoms with E-state index in [4.69, 9.17) is 41.9 Å². The molecule has 1 unspecified atom stereocenters. The van der Waals surface area contributed by atoms with E-state index < -0.39 is 104 Å². The largest absolute Gasteiger partial charge is 0.394 e. The number of amides is 1. The molecule has 19 nitrogen and oxygen atoms in total. The molecule has 1 aliphatic carbocycles. The molecule has 4 aliphatic rings. The van der Waals surface area contributed by atoms with E-state index in [2.05, 4.69) is 10.6 Å². The van der Waals surface area contributed by atoms with Crippen LogP contribution in [0.4, 0.5) is 0 Å². The van der Waals surface area contributed by atoms with Crippen molar-refractivity contribution in [2.45, 2.75) is 105 Å². The van der Waals surface area contributed by atoms with Crippen LogP contribution >= 0.6 is 0 Å². The minimum absolute atomic E-state index is 0.00634. The van der Waals surface area contributed by atoms with E-state index in [9.17, 15) is 40.6 Å². The van der Waals surface area contributed by atoms with Crippen LogP contribution in [-0.2, 0) is 23.7 Å². The molecule has 17 N–H and O–H groups in total. The average Bonchev–Trinajstić information content (AvgIpc) is 2.97. The molecule has 256 valence electrons. The summed E-state index contributed by atoms with van der Waals surface area (Å²) < 4.78 is 23.7. The third kappa shape index (κ3) is 7.66. The zero-order valence-corrected chi connectivity index (χ0v) is 24.3. The standard InChI is InChI=1S/C25H49N7O12/c26-1-2-32(40)14(34)4-9-3-11(28)23(21(39)22(9)43-25-19(37)15(29)17(35)13(8-33)42-25)44-24-16(31-10-6-30-7-10)20(38)18(36)12(5-27)41-24/h9-13,15-25,30-31,33,35-40H,1-8,26-29H2/t9-,11-,12+,13+,15-,16+,17+,18+,19+,20+,21+,22-,23?,24+,25+/m0/s1. The first kappa shape index (κ1) is 35.6. The highest BCUT2D eigenvalue weighted by Crippen LogP contribution is 2.36. The molecule has 4 fully saturated rings. The minimum atomic E-state index is -1.60. The molecule has 4 rings (SSSR count). The third-order valence-corrected chi connectivity index (χ3v) is 8.86. The van der Waals surface area contributed by atoms with Crippen molar-refractivity contribution in [3.8, 4) is 0 Å². The summed E-state index contributed by atoms with van der Waals surface area (Å²) in [6.07, 6.45) is -15.1. The third-order valence-electron chi connectivity index (χ3n) is 8.86. The van der Waals surface area contributed by atoms with E-state index in [1.54, 1.807) is 0 Å². The lowest BCUT2D eigenvalue weighted by atomic mass is 9.77. The minimum Gasteiger partial charge on any atom is -0.394 e. The molecule has 0 radical (unpaired) electrons. The fourth-order valence-corrected chi connectivity index (χ4v) is 6.12. The number of hydroxylamine groups is 2. The van der Waals surface area contributed by atoms with Crippen LogP contribution in [0.1, 0.15) is 12.8 Å². The van der Waals surface area contributed by atoms with E-state index in [1.807, 2.05) is 0 Å². The van der Waals surface area contributed by atoms with Crippen molar-refractivity contribution in [1.82, 2.24) is 15.7 Å². The summed E-state index contributed by atoms with van der Waals surface area (Å²) in [7, 11) is 0. The Balaban J connectivity index is 1.58. The van der Waals surface area contributed by atoms with Crippen molar-refractivity contribution in [1.29, 1.82) is 0 Å². The summed E-state index contributed by atoms with van der Waals surface area (Å²) in [5, 5.41) is 80.6. The van der Waals surface area contributed by atoms with Gasteiger partial charge in [-0.2, -0.15) is 0 Å². The first-order valence-corrected chi connectivity index (χ1v) is 14.9. The Morgan fingerprint density at radius 1 is 0.909 bits per heavy atom. The smallest absolute Gasteiger partial charge is 0.246 e. The Hall–Kier alpha value is -1.21. The molecule has 0 bridgehead atoms. The molecule has 44 heavy (non-hydrogen) atoms. The van der Waals surface area contributed by atoms with E-state index in [-0.39, 0.29) is 38.5 Å². The summed E-state index contributed by atoms with van der Waals surface area (Å²) >= 11 is 0. The Morgan fingerprint density at radius 3 is 2.16 bits per heavy atom. The number of carbonyl (C=O) groups excluding carboxylic acids is 1. The number of nitrogens with two attached hydrogens (primary N) is 4. The number of aliphatic hydroxyl groups excluding tert-OH is 6. The summed E-state index contributed by atoms with van der Waals surface area (Å²) in [4.78, 5) is 12.8. The first-order valence-electron chi connectivity index (χ1n) is 14.9. The Morgan fingerprint density at radius 2 is 1.57 bits per heavy atom. The fourth-order valence-electron chi connectivity index (χ4n) is 6.12. The molecule has 1 amide bonds. The van der Waals surface area contributed by atoms with Crippen molar-refractivity contribution < 1.29 is 59.6 Å². The Bertz CT molecular complexity index is 925. The number of nitrogens with zero attached hydrogens (tertiary/aromatic N) is 1. The first-order chi connectivity index (χ1) is 20.9. The SMILES string of the molecule is NCCN(O)C(=O)C[C@@H]1C[C@H](N)C(O[C@H]2O[C@H](CN)[C@@H](O)[C@H](O)[C@H]2NC2CNC2)[C@H](O)[C@H]1O[C@H]1O[C@H](CO)[C@@H](O)[C@H](N)[C@H]1O. The van der Waals surface area contributed by atoms with Crippen LogP contribution in [0.5, 0.6) is 0 Å². The van der Waals surface area contributed by atoms with E-state index >= 15 is 0 Å². The number of aliphatic hydroxyl groups is 6. The summed E-state index contributed by atoms with van der Waals surface area (Å²) in [5.74, 6) is -1.58. The van der Waals surface area contributed by atoms with Gasteiger partial charge in [-0.15, -0.1) is 0 Å². The highest BCUT2D eigenvalue weighted by atomic mass is 16.7. The number of ether oxygens (including phenoxy) is 4. The second kappa shape index (κ2) is 15.6. The van der Waals surface area contributed by atoms with Crippen molar-refractivity contribution in [3.63, 3.8) is 0 Å². The predicted octanol–water partition coefficient (Wildman–Crippen LogP) is -7.87. The van der Waals surface area contributed by atoms with Crippen LogP contribution in [0.15, 0.2) is 0 Å². The molecule has 0 aromatic carbocycles. The molecule has 0 aromatic rings. The van der Waals surface area contributed by atoms with Gasteiger partial charge in [0, 0.05) is 44.7 Å². The van der Waals surface area contributed by atoms with Gasteiger partial charge in [-0.25, -0.2) is 5.06 Å². The second-order valence-electron chi connectivity index (χ2n) is 12.0. The number of nitrogens with one attached hydrogen (secondary N) is 2. The average molecular weight is 640 g/mol. The summed E-state index contributed by atoms with van der Waals surface area (Å²) in [6.45, 7) is 0.267. The number of rotatable bonds is 12. The zero-order chi connectivity index (χ0) is 32.3. The molecule has 0 aromatic heterocycles. The number of hydrogen-bond donors (Lipinski definition) is 13. The van der Waals surface area contributed by atoms with Gasteiger partial charge in [0.1, 0.15) is 48.8 Å². The van der Waals surface area contributed by atoms with Gasteiger partial charge in [0.25, 0.3) is 0 Å². The molecule has 0 spiro atoms. The lowest BCUT2D eigenvalue weighted by Gasteiger charge is -2.50. The van der Waals surface area contributed by atoms with Gasteiger partial charge in [-0.3, -0.25) is 10.0 Å². The van der Waals surface area contributed by atoms with E-state index in [1.165, 1.54) is 0 Å². The van der Waals surface area contributed by atoms with Crippen LogP contribution in [0.3, 0.4) is 0 Å². The van der Waals surface area contributed by atoms with Gasteiger partial charge in [0.05, 0.1) is 31.3 Å². The number of hydrogen-bond acceptors (Lipinski definition) is 18. The van der Waals surface area contributed by atoms with Crippen molar-refractivity contribution in [3.05, 3.63) is 0 Å². The Labute approximate surface area is 254 Å². The van der Waals surface area contributed by atoms with Gasteiger partial charge in [-0.1, -0.05) is 0 Å². The van der Waals surface area contributed by atoms with Gasteiger partial charge < -0.3 is 83.2 Å². The predicted molar refractivity (Wildman–Crippen MR) is 148 cm³/mol. The summed E-state index contributed by atoms with van der Waals surface area (Å²) in [6, 6.07) is -3.19. The maximum atomic E-state index is 12.8. The highest BCUT2D eigenvalue weighted by molar-refractivity contribution is 5.75. The van der Waals surface area contributed by atoms with Gasteiger partial charge >= 0.3 is 0 Å².